The number of para-hydroxylation sites is 1. The molecule has 7 nitrogen and oxygen atoms in total. The molecule has 0 unspecified atom stereocenters. The lowest BCUT2D eigenvalue weighted by Crippen LogP contribution is -2.05. The summed E-state index contributed by atoms with van der Waals surface area (Å²) in [5.41, 5.74) is 3.23. The van der Waals surface area contributed by atoms with Crippen molar-refractivity contribution < 1.29 is 4.52 Å². The van der Waals surface area contributed by atoms with Crippen molar-refractivity contribution in [2.75, 3.05) is 0 Å². The Labute approximate surface area is 179 Å². The maximum atomic E-state index is 5.39. The molecule has 0 aliphatic heterocycles. The molecule has 0 spiro atoms. The molecule has 0 atom stereocenters. The monoisotopic (exact) mass is 418 g/mol. The SMILES string of the molecule is CC(C)c1ccccc1-n1c(SCc2noc(C3CC3)n2)nnc1-c1cccnc1. The van der Waals surface area contributed by atoms with Gasteiger partial charge in [-0.15, -0.1) is 10.2 Å². The summed E-state index contributed by atoms with van der Waals surface area (Å²) in [6, 6.07) is 12.3. The van der Waals surface area contributed by atoms with Gasteiger partial charge in [-0.1, -0.05) is 49.0 Å². The van der Waals surface area contributed by atoms with E-state index >= 15 is 0 Å². The summed E-state index contributed by atoms with van der Waals surface area (Å²) in [5.74, 6) is 3.61. The fourth-order valence-corrected chi connectivity index (χ4v) is 4.18. The molecule has 8 heteroatoms. The van der Waals surface area contributed by atoms with Crippen LogP contribution >= 0.6 is 11.8 Å². The third-order valence-corrected chi connectivity index (χ3v) is 6.02. The molecule has 5 rings (SSSR count). The minimum Gasteiger partial charge on any atom is -0.339 e. The van der Waals surface area contributed by atoms with E-state index in [0.29, 0.717) is 23.4 Å². The molecule has 30 heavy (non-hydrogen) atoms. The third kappa shape index (κ3) is 3.75. The van der Waals surface area contributed by atoms with Gasteiger partial charge in [0.05, 0.1) is 11.4 Å². The Morgan fingerprint density at radius 3 is 2.77 bits per heavy atom. The van der Waals surface area contributed by atoms with Crippen molar-refractivity contribution in [3.8, 4) is 17.1 Å². The van der Waals surface area contributed by atoms with Crippen LogP contribution in [0.3, 0.4) is 0 Å². The molecule has 4 aromatic rings. The Hall–Kier alpha value is -3.00. The van der Waals surface area contributed by atoms with Crippen molar-refractivity contribution in [1.29, 1.82) is 0 Å². The Morgan fingerprint density at radius 2 is 2.00 bits per heavy atom. The van der Waals surface area contributed by atoms with Crippen LogP contribution in [0.4, 0.5) is 0 Å². The van der Waals surface area contributed by atoms with Gasteiger partial charge in [0.25, 0.3) is 0 Å². The molecule has 1 aliphatic rings. The van der Waals surface area contributed by atoms with Crippen LogP contribution in [0.1, 0.15) is 55.8 Å². The highest BCUT2D eigenvalue weighted by atomic mass is 32.2. The average Bonchev–Trinajstić information content (AvgIpc) is 3.37. The predicted molar refractivity (Wildman–Crippen MR) is 115 cm³/mol. The van der Waals surface area contributed by atoms with E-state index in [-0.39, 0.29) is 0 Å². The Morgan fingerprint density at radius 1 is 1.13 bits per heavy atom. The lowest BCUT2D eigenvalue weighted by Gasteiger charge is -2.16. The summed E-state index contributed by atoms with van der Waals surface area (Å²) in [4.78, 5) is 8.80. The zero-order chi connectivity index (χ0) is 20.5. The van der Waals surface area contributed by atoms with Crippen LogP contribution in [0, 0.1) is 0 Å². The molecule has 152 valence electrons. The molecule has 0 N–H and O–H groups in total. The van der Waals surface area contributed by atoms with Crippen molar-refractivity contribution in [2.24, 2.45) is 0 Å². The summed E-state index contributed by atoms with van der Waals surface area (Å²) in [6.07, 6.45) is 5.86. The second kappa shape index (κ2) is 8.02. The first kappa shape index (κ1) is 19.0. The molecule has 1 aliphatic carbocycles. The fraction of sp³-hybridized carbons (Fsp3) is 0.318. The number of thioether (sulfide) groups is 1. The van der Waals surface area contributed by atoms with Crippen LogP contribution < -0.4 is 0 Å². The standard InChI is InChI=1S/C22H22N6OS/c1-14(2)17-7-3-4-8-18(17)28-20(16-6-5-11-23-12-16)25-26-22(28)30-13-19-24-21(29-27-19)15-9-10-15/h3-8,11-12,14-15H,9-10,13H2,1-2H3. The molecule has 3 aromatic heterocycles. The molecule has 3 heterocycles. The van der Waals surface area contributed by atoms with Crippen LogP contribution in [-0.2, 0) is 5.75 Å². The van der Waals surface area contributed by atoms with Gasteiger partial charge in [0, 0.05) is 23.9 Å². The quantitative estimate of drug-likeness (QED) is 0.390. The maximum absolute atomic E-state index is 5.39. The Kier molecular flexibility index (Phi) is 5.08. The highest BCUT2D eigenvalue weighted by Crippen LogP contribution is 2.39. The second-order valence-electron chi connectivity index (χ2n) is 7.71. The summed E-state index contributed by atoms with van der Waals surface area (Å²) in [6.45, 7) is 4.39. The van der Waals surface area contributed by atoms with Crippen molar-refractivity contribution >= 4 is 11.8 Å². The second-order valence-corrected chi connectivity index (χ2v) is 8.65. The van der Waals surface area contributed by atoms with Gasteiger partial charge in [-0.05, 0) is 42.5 Å². The summed E-state index contributed by atoms with van der Waals surface area (Å²) < 4.78 is 7.50. The van der Waals surface area contributed by atoms with E-state index in [4.69, 9.17) is 4.52 Å². The first-order valence-electron chi connectivity index (χ1n) is 10.1. The lowest BCUT2D eigenvalue weighted by molar-refractivity contribution is 0.375. The largest absolute Gasteiger partial charge is 0.339 e. The highest BCUT2D eigenvalue weighted by Gasteiger charge is 2.29. The summed E-state index contributed by atoms with van der Waals surface area (Å²) in [7, 11) is 0. The Balaban J connectivity index is 1.53. The van der Waals surface area contributed by atoms with Crippen LogP contribution in [-0.4, -0.2) is 29.9 Å². The maximum Gasteiger partial charge on any atom is 0.229 e. The van der Waals surface area contributed by atoms with Gasteiger partial charge in [-0.2, -0.15) is 4.98 Å². The zero-order valence-corrected chi connectivity index (χ0v) is 17.7. The van der Waals surface area contributed by atoms with E-state index in [0.717, 1.165) is 41.0 Å². The van der Waals surface area contributed by atoms with E-state index in [1.54, 1.807) is 18.0 Å². The predicted octanol–water partition coefficient (Wildman–Crippen LogP) is 5.01. The minimum atomic E-state index is 0.363. The number of aromatic nitrogens is 6. The van der Waals surface area contributed by atoms with Crippen LogP contribution in [0.2, 0.25) is 0 Å². The first-order chi connectivity index (χ1) is 14.7. The van der Waals surface area contributed by atoms with Gasteiger partial charge in [0.2, 0.25) is 5.89 Å². The highest BCUT2D eigenvalue weighted by molar-refractivity contribution is 7.98. The average molecular weight is 419 g/mol. The number of benzene rings is 1. The number of rotatable bonds is 7. The van der Waals surface area contributed by atoms with E-state index in [9.17, 15) is 0 Å². The van der Waals surface area contributed by atoms with Crippen molar-refractivity contribution in [3.63, 3.8) is 0 Å². The van der Waals surface area contributed by atoms with E-state index in [2.05, 4.69) is 61.9 Å². The Bertz CT molecular complexity index is 1150. The van der Waals surface area contributed by atoms with Gasteiger partial charge < -0.3 is 4.52 Å². The number of pyridine rings is 1. The minimum absolute atomic E-state index is 0.363. The molecule has 0 radical (unpaired) electrons. The van der Waals surface area contributed by atoms with Gasteiger partial charge in [-0.3, -0.25) is 9.55 Å². The number of hydrogen-bond donors (Lipinski definition) is 0. The van der Waals surface area contributed by atoms with Crippen molar-refractivity contribution in [3.05, 3.63) is 66.1 Å². The van der Waals surface area contributed by atoms with Crippen LogP contribution in [0.15, 0.2) is 58.5 Å². The normalized spacial score (nSPS) is 13.8. The fourth-order valence-electron chi connectivity index (χ4n) is 3.39. The number of nitrogens with zero attached hydrogens (tertiary/aromatic N) is 6. The molecular formula is C22H22N6OS. The molecule has 0 bridgehead atoms. The third-order valence-electron chi connectivity index (χ3n) is 5.09. The van der Waals surface area contributed by atoms with Gasteiger partial charge in [-0.25, -0.2) is 0 Å². The van der Waals surface area contributed by atoms with E-state index in [1.807, 2.05) is 24.4 Å². The van der Waals surface area contributed by atoms with Crippen molar-refractivity contribution in [1.82, 2.24) is 29.9 Å². The molecule has 1 aromatic carbocycles. The topological polar surface area (TPSA) is 82.5 Å². The molecule has 0 amide bonds. The smallest absolute Gasteiger partial charge is 0.229 e. The summed E-state index contributed by atoms with van der Waals surface area (Å²) in [5, 5.41) is 13.9. The molecule has 1 saturated carbocycles. The zero-order valence-electron chi connectivity index (χ0n) is 16.9. The van der Waals surface area contributed by atoms with Crippen molar-refractivity contribution in [2.45, 2.75) is 49.4 Å². The van der Waals surface area contributed by atoms with Gasteiger partial charge in [0.1, 0.15) is 0 Å². The summed E-state index contributed by atoms with van der Waals surface area (Å²) >= 11 is 1.56. The van der Waals surface area contributed by atoms with E-state index < -0.39 is 0 Å². The van der Waals surface area contributed by atoms with E-state index in [1.165, 1.54) is 5.56 Å². The van der Waals surface area contributed by atoms with Gasteiger partial charge in [0.15, 0.2) is 16.8 Å². The van der Waals surface area contributed by atoms with Gasteiger partial charge >= 0.3 is 0 Å². The van der Waals surface area contributed by atoms with Crippen LogP contribution in [0.5, 0.6) is 0 Å². The molecule has 1 fully saturated rings. The molecule has 0 saturated heterocycles. The first-order valence-corrected chi connectivity index (χ1v) is 11.1. The lowest BCUT2D eigenvalue weighted by atomic mass is 10.0. The molecular weight excluding hydrogens is 396 g/mol. The number of hydrogen-bond acceptors (Lipinski definition) is 7. The van der Waals surface area contributed by atoms with Crippen LogP contribution in [0.25, 0.3) is 17.1 Å².